The number of para-hydroxylation sites is 2. The summed E-state index contributed by atoms with van der Waals surface area (Å²) in [4.78, 5) is 33.9. The highest BCUT2D eigenvalue weighted by molar-refractivity contribution is 5.93. The summed E-state index contributed by atoms with van der Waals surface area (Å²) in [5, 5.41) is 13.4. The van der Waals surface area contributed by atoms with Crippen LogP contribution in [-0.2, 0) is 14.3 Å². The summed E-state index contributed by atoms with van der Waals surface area (Å²) in [6, 6.07) is 10.4. The lowest BCUT2D eigenvalue weighted by Crippen LogP contribution is -2.23. The molecule has 0 spiro atoms. The third kappa shape index (κ3) is 5.59. The quantitative estimate of drug-likeness (QED) is 0.392. The highest BCUT2D eigenvalue weighted by Crippen LogP contribution is 2.29. The Morgan fingerprint density at radius 1 is 1.00 bits per heavy atom. The van der Waals surface area contributed by atoms with Crippen LogP contribution in [0.15, 0.2) is 42.5 Å². The van der Waals surface area contributed by atoms with Crippen molar-refractivity contribution in [3.63, 3.8) is 0 Å². The molecular formula is C18H18N2O8. The number of nitro benzene ring substituents is 1. The third-order valence-electron chi connectivity index (χ3n) is 3.44. The summed E-state index contributed by atoms with van der Waals surface area (Å²) >= 11 is 0. The molecule has 2 aromatic rings. The van der Waals surface area contributed by atoms with Gasteiger partial charge >= 0.3 is 11.7 Å². The molecule has 10 nitrogen and oxygen atoms in total. The Kier molecular flexibility index (Phi) is 7.14. The highest BCUT2D eigenvalue weighted by atomic mass is 16.6. The Hall–Kier alpha value is -3.82. The molecule has 0 atom stereocenters. The van der Waals surface area contributed by atoms with Gasteiger partial charge in [-0.15, -0.1) is 0 Å². The summed E-state index contributed by atoms with van der Waals surface area (Å²) in [6.45, 7) is -1.12. The molecule has 10 heteroatoms. The minimum atomic E-state index is -0.847. The van der Waals surface area contributed by atoms with Gasteiger partial charge in [0.1, 0.15) is 0 Å². The van der Waals surface area contributed by atoms with Crippen molar-refractivity contribution in [1.82, 2.24) is 0 Å². The van der Waals surface area contributed by atoms with Crippen LogP contribution in [0.4, 0.5) is 11.4 Å². The molecule has 1 N–H and O–H groups in total. The van der Waals surface area contributed by atoms with Crippen molar-refractivity contribution in [2.24, 2.45) is 0 Å². The van der Waals surface area contributed by atoms with E-state index in [1.54, 1.807) is 18.2 Å². The standard InChI is InChI=1S/C18H18N2O8/c1-25-15-8-7-12(9-16(15)26-2)19-17(21)10-28-18(22)11-27-14-6-4-3-5-13(14)20(23)24/h3-9H,10-11H2,1-2H3,(H,19,21). The van der Waals surface area contributed by atoms with Crippen LogP contribution in [0.2, 0.25) is 0 Å². The lowest BCUT2D eigenvalue weighted by molar-refractivity contribution is -0.385. The third-order valence-corrected chi connectivity index (χ3v) is 3.44. The maximum atomic E-state index is 11.9. The second-order valence-corrected chi connectivity index (χ2v) is 5.29. The van der Waals surface area contributed by atoms with Gasteiger partial charge < -0.3 is 24.3 Å². The van der Waals surface area contributed by atoms with Crippen LogP contribution < -0.4 is 19.5 Å². The number of nitrogens with zero attached hydrogens (tertiary/aromatic N) is 1. The number of esters is 1. The lowest BCUT2D eigenvalue weighted by atomic mass is 10.2. The highest BCUT2D eigenvalue weighted by Gasteiger charge is 2.16. The molecule has 0 aromatic heterocycles. The normalized spacial score (nSPS) is 9.93. The maximum absolute atomic E-state index is 11.9. The Labute approximate surface area is 160 Å². The molecule has 2 aromatic carbocycles. The van der Waals surface area contributed by atoms with E-state index in [2.05, 4.69) is 5.32 Å². The molecule has 0 aliphatic heterocycles. The van der Waals surface area contributed by atoms with Gasteiger partial charge in [0.2, 0.25) is 0 Å². The van der Waals surface area contributed by atoms with Gasteiger partial charge in [-0.1, -0.05) is 12.1 Å². The van der Waals surface area contributed by atoms with Crippen molar-refractivity contribution in [2.45, 2.75) is 0 Å². The van der Waals surface area contributed by atoms with Crippen LogP contribution >= 0.6 is 0 Å². The molecule has 148 valence electrons. The second kappa shape index (κ2) is 9.76. The lowest BCUT2D eigenvalue weighted by Gasteiger charge is -2.11. The van der Waals surface area contributed by atoms with E-state index in [1.165, 1.54) is 38.5 Å². The summed E-state index contributed by atoms with van der Waals surface area (Å²) in [5.74, 6) is -0.569. The minimum Gasteiger partial charge on any atom is -0.493 e. The smallest absolute Gasteiger partial charge is 0.344 e. The van der Waals surface area contributed by atoms with E-state index in [9.17, 15) is 19.7 Å². The molecule has 0 heterocycles. The fourth-order valence-electron chi connectivity index (χ4n) is 2.17. The SMILES string of the molecule is COc1ccc(NC(=O)COC(=O)COc2ccccc2[N+](=O)[O-])cc1OC. The van der Waals surface area contributed by atoms with Crippen molar-refractivity contribution in [2.75, 3.05) is 32.8 Å². The Morgan fingerprint density at radius 2 is 1.71 bits per heavy atom. The molecular weight excluding hydrogens is 372 g/mol. The average Bonchev–Trinajstić information content (AvgIpc) is 2.70. The van der Waals surface area contributed by atoms with Gasteiger partial charge in [0, 0.05) is 17.8 Å². The van der Waals surface area contributed by atoms with Gasteiger partial charge in [-0.05, 0) is 18.2 Å². The van der Waals surface area contributed by atoms with Crippen molar-refractivity contribution >= 4 is 23.3 Å². The van der Waals surface area contributed by atoms with Crippen LogP contribution in [0.5, 0.6) is 17.2 Å². The van der Waals surface area contributed by atoms with E-state index in [4.69, 9.17) is 18.9 Å². The van der Waals surface area contributed by atoms with E-state index >= 15 is 0 Å². The Bertz CT molecular complexity index is 868. The first-order valence-corrected chi connectivity index (χ1v) is 7.98. The number of nitrogens with one attached hydrogen (secondary N) is 1. The molecule has 28 heavy (non-hydrogen) atoms. The monoisotopic (exact) mass is 390 g/mol. The van der Waals surface area contributed by atoms with Crippen LogP contribution in [0.1, 0.15) is 0 Å². The molecule has 0 unspecified atom stereocenters. The molecule has 1 amide bonds. The number of hydrogen-bond acceptors (Lipinski definition) is 8. The fraction of sp³-hybridized carbons (Fsp3) is 0.222. The Balaban J connectivity index is 1.83. The van der Waals surface area contributed by atoms with Crippen LogP contribution in [-0.4, -0.2) is 44.2 Å². The van der Waals surface area contributed by atoms with Gasteiger partial charge in [-0.25, -0.2) is 4.79 Å². The zero-order valence-electron chi connectivity index (χ0n) is 15.2. The van der Waals surface area contributed by atoms with Gasteiger partial charge in [-0.2, -0.15) is 0 Å². The molecule has 0 saturated carbocycles. The summed E-state index contributed by atoms with van der Waals surface area (Å²) in [7, 11) is 2.95. The average molecular weight is 390 g/mol. The van der Waals surface area contributed by atoms with E-state index in [0.29, 0.717) is 17.2 Å². The molecule has 0 fully saturated rings. The number of ether oxygens (including phenoxy) is 4. The summed E-state index contributed by atoms with van der Waals surface area (Å²) in [6.07, 6.45) is 0. The van der Waals surface area contributed by atoms with Gasteiger partial charge in [0.15, 0.2) is 30.5 Å². The first-order valence-electron chi connectivity index (χ1n) is 7.98. The predicted octanol–water partition coefficient (Wildman–Crippen LogP) is 2.17. The summed E-state index contributed by atoms with van der Waals surface area (Å²) < 4.78 is 20.1. The van der Waals surface area contributed by atoms with Crippen molar-refractivity contribution in [3.05, 3.63) is 52.6 Å². The van der Waals surface area contributed by atoms with E-state index in [-0.39, 0.29) is 11.4 Å². The second-order valence-electron chi connectivity index (χ2n) is 5.29. The van der Waals surface area contributed by atoms with E-state index in [0.717, 1.165) is 0 Å². The zero-order valence-corrected chi connectivity index (χ0v) is 15.2. The zero-order chi connectivity index (χ0) is 20.5. The van der Waals surface area contributed by atoms with Crippen LogP contribution in [0, 0.1) is 10.1 Å². The number of carbonyl (C=O) groups is 2. The maximum Gasteiger partial charge on any atom is 0.344 e. The van der Waals surface area contributed by atoms with Gasteiger partial charge in [0.05, 0.1) is 19.1 Å². The largest absolute Gasteiger partial charge is 0.493 e. The number of hydrogen-bond donors (Lipinski definition) is 1. The van der Waals surface area contributed by atoms with E-state index in [1.807, 2.05) is 0 Å². The van der Waals surface area contributed by atoms with Crippen LogP contribution in [0.25, 0.3) is 0 Å². The summed E-state index contributed by atoms with van der Waals surface area (Å²) in [5.41, 5.74) is 0.149. The van der Waals surface area contributed by atoms with Crippen molar-refractivity contribution in [3.8, 4) is 17.2 Å². The number of methoxy groups -OCH3 is 2. The first kappa shape index (κ1) is 20.5. The van der Waals surface area contributed by atoms with Crippen molar-refractivity contribution < 1.29 is 33.5 Å². The number of rotatable bonds is 9. The molecule has 2 rings (SSSR count). The number of nitro groups is 1. The minimum absolute atomic E-state index is 0.0702. The van der Waals surface area contributed by atoms with Crippen molar-refractivity contribution in [1.29, 1.82) is 0 Å². The number of amides is 1. The molecule has 0 aliphatic carbocycles. The molecule has 0 aliphatic rings. The molecule has 0 saturated heterocycles. The first-order chi connectivity index (χ1) is 13.4. The van der Waals surface area contributed by atoms with Gasteiger partial charge in [-0.3, -0.25) is 14.9 Å². The number of benzene rings is 2. The molecule has 0 bridgehead atoms. The topological polar surface area (TPSA) is 126 Å². The van der Waals surface area contributed by atoms with E-state index < -0.39 is 30.0 Å². The Morgan fingerprint density at radius 3 is 2.39 bits per heavy atom. The fourth-order valence-corrected chi connectivity index (χ4v) is 2.17. The predicted molar refractivity (Wildman–Crippen MR) is 97.7 cm³/mol. The number of anilines is 1. The van der Waals surface area contributed by atoms with Crippen LogP contribution in [0.3, 0.4) is 0 Å². The number of carbonyl (C=O) groups excluding carboxylic acids is 2. The molecule has 0 radical (unpaired) electrons. The van der Waals surface area contributed by atoms with Gasteiger partial charge in [0.25, 0.3) is 5.91 Å².